The van der Waals surface area contributed by atoms with Crippen LogP contribution in [0.1, 0.15) is 5.56 Å². The maximum absolute atomic E-state index is 10.9. The molecule has 7 heteroatoms. The molecule has 0 fully saturated rings. The van der Waals surface area contributed by atoms with E-state index in [1.54, 1.807) is 6.07 Å². The summed E-state index contributed by atoms with van der Waals surface area (Å²) in [6.07, 6.45) is 4.04. The number of nitro groups is 1. The quantitative estimate of drug-likeness (QED) is 0.482. The van der Waals surface area contributed by atoms with Gasteiger partial charge >= 0.3 is 0 Å². The van der Waals surface area contributed by atoms with Gasteiger partial charge in [0.1, 0.15) is 5.69 Å². The Kier molecular flexibility index (Phi) is 3.97. The van der Waals surface area contributed by atoms with Gasteiger partial charge in [-0.1, -0.05) is 0 Å². The summed E-state index contributed by atoms with van der Waals surface area (Å²) in [5, 5.41) is 14.1. The largest absolute Gasteiger partial charge is 0.393 e. The minimum absolute atomic E-state index is 0.0566. The summed E-state index contributed by atoms with van der Waals surface area (Å²) in [6.45, 7) is 4.28. The highest BCUT2D eigenvalue weighted by Gasteiger charge is 2.14. The topological polar surface area (TPSA) is 87.7 Å². The van der Waals surface area contributed by atoms with Gasteiger partial charge < -0.3 is 20.9 Å². The van der Waals surface area contributed by atoms with E-state index in [1.807, 2.05) is 26.4 Å². The van der Waals surface area contributed by atoms with E-state index < -0.39 is 4.92 Å². The van der Waals surface area contributed by atoms with Gasteiger partial charge in [-0.2, -0.15) is 0 Å². The summed E-state index contributed by atoms with van der Waals surface area (Å²) in [7, 11) is 2.01. The number of nitro benzene ring substituents is 1. The van der Waals surface area contributed by atoms with Crippen LogP contribution in [-0.4, -0.2) is 41.5 Å². The van der Waals surface area contributed by atoms with E-state index in [0.717, 1.165) is 24.5 Å². The van der Waals surface area contributed by atoms with Gasteiger partial charge in [-0.25, -0.2) is 0 Å². The number of aryl methyl sites for hydroxylation is 1. The fourth-order valence-corrected chi connectivity index (χ4v) is 2.14. The predicted octanol–water partition coefficient (Wildman–Crippen LogP) is 1.57. The summed E-state index contributed by atoms with van der Waals surface area (Å²) in [6, 6.07) is 3.13. The number of nitrogens with two attached hydrogens (primary N) is 1. The molecule has 0 aromatic heterocycles. The minimum Gasteiger partial charge on any atom is -0.393 e. The normalized spacial score (nSPS) is 13.9. The van der Waals surface area contributed by atoms with E-state index in [-0.39, 0.29) is 11.4 Å². The van der Waals surface area contributed by atoms with Crippen molar-refractivity contribution in [3.05, 3.63) is 40.2 Å². The van der Waals surface area contributed by atoms with E-state index >= 15 is 0 Å². The maximum Gasteiger partial charge on any atom is 0.294 e. The third-order valence-electron chi connectivity index (χ3n) is 3.22. The highest BCUT2D eigenvalue weighted by molar-refractivity contribution is 5.69. The molecule has 0 radical (unpaired) electrons. The third kappa shape index (κ3) is 3.11. The van der Waals surface area contributed by atoms with E-state index in [0.29, 0.717) is 6.54 Å². The highest BCUT2D eigenvalue weighted by atomic mass is 16.6. The van der Waals surface area contributed by atoms with Crippen LogP contribution in [0, 0.1) is 17.0 Å². The molecule has 1 aliphatic rings. The number of hydrogen-bond donors (Lipinski definition) is 2. The van der Waals surface area contributed by atoms with Crippen LogP contribution in [0.2, 0.25) is 0 Å². The molecule has 108 valence electrons. The molecular weight excluding hydrogens is 258 g/mol. The Labute approximate surface area is 117 Å². The van der Waals surface area contributed by atoms with Gasteiger partial charge in [0.05, 0.1) is 11.6 Å². The Morgan fingerprint density at radius 3 is 2.80 bits per heavy atom. The lowest BCUT2D eigenvalue weighted by Gasteiger charge is -2.19. The standard InChI is InChI=1S/C13H19N5O2/c1-10-7-11(14)13(18(19)20)8-12(10)15-3-4-17-6-5-16(2)9-17/h5-8,15H,3-4,9,14H2,1-2H3. The van der Waals surface area contributed by atoms with Crippen LogP contribution in [0.3, 0.4) is 0 Å². The summed E-state index contributed by atoms with van der Waals surface area (Å²) < 4.78 is 0. The molecule has 2 rings (SSSR count). The van der Waals surface area contributed by atoms with Gasteiger partial charge in [-0.15, -0.1) is 0 Å². The molecule has 20 heavy (non-hydrogen) atoms. The molecule has 0 saturated heterocycles. The molecule has 1 aromatic carbocycles. The van der Waals surface area contributed by atoms with Crippen LogP contribution in [-0.2, 0) is 0 Å². The van der Waals surface area contributed by atoms with Crippen molar-refractivity contribution in [1.82, 2.24) is 9.80 Å². The van der Waals surface area contributed by atoms with Crippen LogP contribution in [0.15, 0.2) is 24.5 Å². The second-order valence-corrected chi connectivity index (χ2v) is 4.92. The zero-order valence-corrected chi connectivity index (χ0v) is 11.7. The molecular formula is C13H19N5O2. The van der Waals surface area contributed by atoms with Crippen molar-refractivity contribution in [2.45, 2.75) is 6.92 Å². The number of rotatable bonds is 5. The minimum atomic E-state index is -0.460. The lowest BCUT2D eigenvalue weighted by Crippen LogP contribution is -2.27. The fourth-order valence-electron chi connectivity index (χ4n) is 2.14. The predicted molar refractivity (Wildman–Crippen MR) is 79.2 cm³/mol. The van der Waals surface area contributed by atoms with Crippen molar-refractivity contribution in [1.29, 1.82) is 0 Å². The molecule has 0 spiro atoms. The molecule has 1 heterocycles. The van der Waals surface area contributed by atoms with Crippen molar-refractivity contribution in [2.75, 3.05) is 37.9 Å². The van der Waals surface area contributed by atoms with Crippen LogP contribution < -0.4 is 11.1 Å². The maximum atomic E-state index is 10.9. The third-order valence-corrected chi connectivity index (χ3v) is 3.22. The summed E-state index contributed by atoms with van der Waals surface area (Å²) in [5.74, 6) is 0. The van der Waals surface area contributed by atoms with Crippen LogP contribution >= 0.6 is 0 Å². The molecule has 1 aliphatic heterocycles. The zero-order chi connectivity index (χ0) is 14.7. The average Bonchev–Trinajstić information content (AvgIpc) is 2.77. The highest BCUT2D eigenvalue weighted by Crippen LogP contribution is 2.28. The SMILES string of the molecule is Cc1cc(N)c([N+](=O)[O-])cc1NCCN1C=CN(C)C1. The van der Waals surface area contributed by atoms with Crippen molar-refractivity contribution < 1.29 is 4.92 Å². The number of hydrogen-bond acceptors (Lipinski definition) is 6. The van der Waals surface area contributed by atoms with E-state index in [9.17, 15) is 10.1 Å². The second-order valence-electron chi connectivity index (χ2n) is 4.92. The monoisotopic (exact) mass is 277 g/mol. The van der Waals surface area contributed by atoms with Crippen molar-refractivity contribution in [2.24, 2.45) is 0 Å². The van der Waals surface area contributed by atoms with Gasteiger partial charge in [0.15, 0.2) is 0 Å². The van der Waals surface area contributed by atoms with Crippen LogP contribution in [0.4, 0.5) is 17.1 Å². The Balaban J connectivity index is 1.97. The van der Waals surface area contributed by atoms with E-state index in [2.05, 4.69) is 15.1 Å². The molecule has 0 amide bonds. The van der Waals surface area contributed by atoms with Gasteiger partial charge in [0.25, 0.3) is 5.69 Å². The van der Waals surface area contributed by atoms with Gasteiger partial charge in [-0.3, -0.25) is 10.1 Å². The Bertz CT molecular complexity index is 544. The van der Waals surface area contributed by atoms with Crippen LogP contribution in [0.5, 0.6) is 0 Å². The zero-order valence-electron chi connectivity index (χ0n) is 11.7. The summed E-state index contributed by atoms with van der Waals surface area (Å²) >= 11 is 0. The number of nitrogens with one attached hydrogen (secondary N) is 1. The van der Waals surface area contributed by atoms with Crippen LogP contribution in [0.25, 0.3) is 0 Å². The Morgan fingerprint density at radius 2 is 2.20 bits per heavy atom. The van der Waals surface area contributed by atoms with Gasteiger partial charge in [0, 0.05) is 44.3 Å². The molecule has 0 unspecified atom stereocenters. The number of nitrogen functional groups attached to an aromatic ring is 1. The number of nitrogens with zero attached hydrogens (tertiary/aromatic N) is 3. The first-order valence-corrected chi connectivity index (χ1v) is 6.38. The molecule has 0 bridgehead atoms. The second kappa shape index (κ2) is 5.68. The molecule has 7 nitrogen and oxygen atoms in total. The summed E-state index contributed by atoms with van der Waals surface area (Å²) in [4.78, 5) is 14.7. The molecule has 3 N–H and O–H groups in total. The van der Waals surface area contributed by atoms with Crippen molar-refractivity contribution in [3.8, 4) is 0 Å². The van der Waals surface area contributed by atoms with E-state index in [1.165, 1.54) is 6.07 Å². The lowest BCUT2D eigenvalue weighted by molar-refractivity contribution is -0.383. The number of benzene rings is 1. The molecule has 0 aliphatic carbocycles. The average molecular weight is 277 g/mol. The van der Waals surface area contributed by atoms with Gasteiger partial charge in [-0.05, 0) is 18.6 Å². The van der Waals surface area contributed by atoms with Gasteiger partial charge in [0.2, 0.25) is 0 Å². The molecule has 1 aromatic rings. The molecule has 0 atom stereocenters. The first kappa shape index (κ1) is 14.0. The van der Waals surface area contributed by atoms with Crippen molar-refractivity contribution >= 4 is 17.1 Å². The Morgan fingerprint density at radius 1 is 1.45 bits per heavy atom. The fraction of sp³-hybridized carbons (Fsp3) is 0.385. The smallest absolute Gasteiger partial charge is 0.294 e. The first-order valence-electron chi connectivity index (χ1n) is 6.38. The molecule has 0 saturated carbocycles. The lowest BCUT2D eigenvalue weighted by atomic mass is 10.1. The summed E-state index contributed by atoms with van der Waals surface area (Å²) in [5.41, 5.74) is 7.44. The van der Waals surface area contributed by atoms with Crippen molar-refractivity contribution in [3.63, 3.8) is 0 Å². The first-order chi connectivity index (χ1) is 9.47. The number of anilines is 2. The van der Waals surface area contributed by atoms with E-state index in [4.69, 9.17) is 5.73 Å². The Hall–Kier alpha value is -2.44.